The van der Waals surface area contributed by atoms with Gasteiger partial charge in [0.1, 0.15) is 6.61 Å². The monoisotopic (exact) mass is 462 g/mol. The highest BCUT2D eigenvalue weighted by Crippen LogP contribution is 2.49. The van der Waals surface area contributed by atoms with Crippen molar-refractivity contribution in [3.63, 3.8) is 0 Å². The van der Waals surface area contributed by atoms with Gasteiger partial charge in [0.15, 0.2) is 0 Å². The fourth-order valence-electron chi connectivity index (χ4n) is 6.09. The number of rotatable bonds is 6. The normalized spacial score (nSPS) is 23.7. The van der Waals surface area contributed by atoms with Crippen LogP contribution >= 0.6 is 0 Å². The lowest BCUT2D eigenvalue weighted by Gasteiger charge is -2.25. The Bertz CT molecular complexity index is 1090. The molecule has 178 valence electrons. The van der Waals surface area contributed by atoms with Crippen molar-refractivity contribution in [2.24, 2.45) is 17.3 Å². The molecule has 2 aliphatic carbocycles. The van der Waals surface area contributed by atoms with Crippen LogP contribution in [0.5, 0.6) is 0 Å². The molecule has 0 spiro atoms. The zero-order valence-corrected chi connectivity index (χ0v) is 19.3. The summed E-state index contributed by atoms with van der Waals surface area (Å²) in [4.78, 5) is 38.9. The van der Waals surface area contributed by atoms with Gasteiger partial charge in [-0.05, 0) is 41.0 Å². The van der Waals surface area contributed by atoms with Crippen LogP contribution in [0, 0.1) is 17.3 Å². The topological polar surface area (TPSA) is 95.9 Å². The highest BCUT2D eigenvalue weighted by molar-refractivity contribution is 5.83. The SMILES string of the molecule is CC(CNC(=O)OCC1c2ccccc2-c2ccccc21)C(=O)N1C[C@H]2CCC[C@@]2(C(=O)O)C1. The van der Waals surface area contributed by atoms with Crippen LogP contribution in [0.2, 0.25) is 0 Å². The van der Waals surface area contributed by atoms with Gasteiger partial charge in [0.2, 0.25) is 5.91 Å². The van der Waals surface area contributed by atoms with E-state index in [4.69, 9.17) is 4.74 Å². The summed E-state index contributed by atoms with van der Waals surface area (Å²) in [6.45, 7) is 2.88. The third-order valence-corrected chi connectivity index (χ3v) is 7.93. The Morgan fingerprint density at radius 1 is 1.12 bits per heavy atom. The Balaban J connectivity index is 1.15. The molecule has 7 nitrogen and oxygen atoms in total. The summed E-state index contributed by atoms with van der Waals surface area (Å²) >= 11 is 0. The number of carbonyl (C=O) groups is 3. The summed E-state index contributed by atoms with van der Waals surface area (Å²) < 4.78 is 5.55. The highest BCUT2D eigenvalue weighted by Gasteiger charge is 2.56. The van der Waals surface area contributed by atoms with Crippen LogP contribution in [0.25, 0.3) is 11.1 Å². The molecule has 1 unspecified atom stereocenters. The van der Waals surface area contributed by atoms with E-state index in [9.17, 15) is 19.5 Å². The number of aliphatic carboxylic acids is 1. The number of hydrogen-bond acceptors (Lipinski definition) is 4. The Hall–Kier alpha value is -3.35. The lowest BCUT2D eigenvalue weighted by Crippen LogP contribution is -2.42. The molecule has 5 rings (SSSR count). The van der Waals surface area contributed by atoms with E-state index in [-0.39, 0.29) is 37.4 Å². The predicted octanol–water partition coefficient (Wildman–Crippen LogP) is 3.87. The molecule has 2 amide bonds. The van der Waals surface area contributed by atoms with Gasteiger partial charge in [-0.1, -0.05) is 61.9 Å². The summed E-state index contributed by atoms with van der Waals surface area (Å²) in [7, 11) is 0. The Morgan fingerprint density at radius 2 is 1.76 bits per heavy atom. The summed E-state index contributed by atoms with van der Waals surface area (Å²) in [5.74, 6) is -1.36. The van der Waals surface area contributed by atoms with E-state index in [1.54, 1.807) is 11.8 Å². The van der Waals surface area contributed by atoms with E-state index in [0.717, 1.165) is 24.0 Å². The van der Waals surface area contributed by atoms with E-state index < -0.39 is 23.4 Å². The number of likely N-dealkylation sites (tertiary alicyclic amines) is 1. The van der Waals surface area contributed by atoms with E-state index in [2.05, 4.69) is 29.6 Å². The molecule has 2 N–H and O–H groups in total. The summed E-state index contributed by atoms with van der Waals surface area (Å²) in [5.41, 5.74) is 3.83. The van der Waals surface area contributed by atoms with Crippen LogP contribution in [-0.4, -0.2) is 54.2 Å². The Kier molecular flexibility index (Phi) is 5.80. The van der Waals surface area contributed by atoms with Gasteiger partial charge >= 0.3 is 12.1 Å². The molecule has 0 bridgehead atoms. The molecule has 1 saturated carbocycles. The summed E-state index contributed by atoms with van der Waals surface area (Å²) in [6.07, 6.45) is 1.82. The molecule has 2 aromatic rings. The molecular weight excluding hydrogens is 432 g/mol. The minimum Gasteiger partial charge on any atom is -0.481 e. The molecular formula is C27H30N2O5. The van der Waals surface area contributed by atoms with E-state index >= 15 is 0 Å². The average molecular weight is 463 g/mol. The molecule has 1 heterocycles. The van der Waals surface area contributed by atoms with E-state index in [0.29, 0.717) is 13.0 Å². The molecule has 3 atom stereocenters. The zero-order chi connectivity index (χ0) is 23.9. The first-order valence-electron chi connectivity index (χ1n) is 12.0. The quantitative estimate of drug-likeness (QED) is 0.679. The fourth-order valence-corrected chi connectivity index (χ4v) is 6.09. The zero-order valence-electron chi connectivity index (χ0n) is 19.3. The summed E-state index contributed by atoms with van der Waals surface area (Å²) in [5, 5.41) is 12.5. The second-order valence-electron chi connectivity index (χ2n) is 9.88. The molecule has 2 fully saturated rings. The van der Waals surface area contributed by atoms with Crippen molar-refractivity contribution in [3.05, 3.63) is 59.7 Å². The van der Waals surface area contributed by atoms with Gasteiger partial charge in [0.05, 0.1) is 11.3 Å². The second-order valence-corrected chi connectivity index (χ2v) is 9.88. The first-order valence-corrected chi connectivity index (χ1v) is 12.0. The second kappa shape index (κ2) is 8.78. The van der Waals surface area contributed by atoms with Gasteiger partial charge in [-0.25, -0.2) is 4.79 Å². The first-order chi connectivity index (χ1) is 16.4. The highest BCUT2D eigenvalue weighted by atomic mass is 16.5. The van der Waals surface area contributed by atoms with Crippen LogP contribution in [0.1, 0.15) is 43.2 Å². The molecule has 34 heavy (non-hydrogen) atoms. The van der Waals surface area contributed by atoms with Crippen LogP contribution in [0.3, 0.4) is 0 Å². The number of nitrogens with one attached hydrogen (secondary N) is 1. The van der Waals surface area contributed by atoms with Gasteiger partial charge in [-0.15, -0.1) is 0 Å². The standard InChI is InChI=1S/C27H30N2O5/c1-17(24(30)29-14-18-7-6-12-27(18,16-29)25(31)32)13-28-26(33)34-15-23-21-10-4-2-8-19(21)20-9-3-5-11-22(20)23/h2-5,8-11,17-18,23H,6-7,12-16H2,1H3,(H,28,33)(H,31,32)/t17?,18-,27-/m1/s1. The number of hydrogen-bond donors (Lipinski definition) is 2. The van der Waals surface area contributed by atoms with Gasteiger partial charge < -0.3 is 20.1 Å². The van der Waals surface area contributed by atoms with Crippen LogP contribution in [-0.2, 0) is 14.3 Å². The molecule has 2 aromatic carbocycles. The van der Waals surface area contributed by atoms with E-state index in [1.165, 1.54) is 11.1 Å². The maximum atomic E-state index is 12.9. The number of nitrogens with zero attached hydrogens (tertiary/aromatic N) is 1. The van der Waals surface area contributed by atoms with Crippen molar-refractivity contribution in [2.45, 2.75) is 32.1 Å². The number of alkyl carbamates (subject to hydrolysis) is 1. The van der Waals surface area contributed by atoms with Crippen LogP contribution in [0.15, 0.2) is 48.5 Å². The number of benzene rings is 2. The minimum absolute atomic E-state index is 0.0200. The number of fused-ring (bicyclic) bond motifs is 4. The number of amides is 2. The van der Waals surface area contributed by atoms with Gasteiger partial charge in [-0.2, -0.15) is 0 Å². The van der Waals surface area contributed by atoms with Crippen LogP contribution < -0.4 is 5.32 Å². The summed E-state index contributed by atoms with van der Waals surface area (Å²) in [6, 6.07) is 16.3. The predicted molar refractivity (Wildman–Crippen MR) is 126 cm³/mol. The molecule has 7 heteroatoms. The minimum atomic E-state index is -0.797. The van der Waals surface area contributed by atoms with Crippen molar-refractivity contribution in [3.8, 4) is 11.1 Å². The van der Waals surface area contributed by atoms with Gasteiger partial charge in [-0.3, -0.25) is 9.59 Å². The molecule has 3 aliphatic rings. The molecule has 1 aliphatic heterocycles. The van der Waals surface area contributed by atoms with Crippen molar-refractivity contribution in [2.75, 3.05) is 26.2 Å². The Labute approximate surface area is 199 Å². The lowest BCUT2D eigenvalue weighted by molar-refractivity contribution is -0.149. The third kappa shape index (κ3) is 3.73. The van der Waals surface area contributed by atoms with Gasteiger partial charge in [0.25, 0.3) is 0 Å². The molecule has 0 radical (unpaired) electrons. The fraction of sp³-hybridized carbons (Fsp3) is 0.444. The maximum Gasteiger partial charge on any atom is 0.407 e. The maximum absolute atomic E-state index is 12.9. The molecule has 1 saturated heterocycles. The Morgan fingerprint density at radius 3 is 2.38 bits per heavy atom. The van der Waals surface area contributed by atoms with E-state index in [1.807, 2.05) is 24.3 Å². The molecule has 0 aromatic heterocycles. The van der Waals surface area contributed by atoms with Crippen molar-refractivity contribution in [1.29, 1.82) is 0 Å². The van der Waals surface area contributed by atoms with Crippen molar-refractivity contribution in [1.82, 2.24) is 10.2 Å². The van der Waals surface area contributed by atoms with Gasteiger partial charge in [0, 0.05) is 25.6 Å². The van der Waals surface area contributed by atoms with Crippen molar-refractivity contribution < 1.29 is 24.2 Å². The average Bonchev–Trinajstić information content (AvgIpc) is 3.50. The third-order valence-electron chi connectivity index (χ3n) is 7.93. The lowest BCUT2D eigenvalue weighted by atomic mass is 9.81. The number of ether oxygens (including phenoxy) is 1. The number of carbonyl (C=O) groups excluding carboxylic acids is 2. The van der Waals surface area contributed by atoms with Crippen LogP contribution in [0.4, 0.5) is 4.79 Å². The largest absolute Gasteiger partial charge is 0.481 e. The number of carboxylic acid groups (broad SMARTS) is 1. The van der Waals surface area contributed by atoms with Crippen molar-refractivity contribution >= 4 is 18.0 Å². The smallest absolute Gasteiger partial charge is 0.407 e. The first kappa shape index (κ1) is 22.4. The number of carboxylic acids is 1.